The number of thioether (sulfide) groups is 2. The molecular formula is C22H40N2O3S2. The lowest BCUT2D eigenvalue weighted by Crippen LogP contribution is -2.44. The number of nitrogens with one attached hydrogen (secondary N) is 2. The van der Waals surface area contributed by atoms with Crippen molar-refractivity contribution in [1.29, 1.82) is 0 Å². The first-order valence-electron chi connectivity index (χ1n) is 10.7. The normalized spacial score (nSPS) is 20.6. The van der Waals surface area contributed by atoms with Crippen LogP contribution in [0.25, 0.3) is 0 Å². The SMILES string of the molecule is CC(C)(C)N[C@H](C=O)CCCCNC(=O)CSC1CCC1SCC(=O)C(C)(C)C. The van der Waals surface area contributed by atoms with Gasteiger partial charge in [-0.25, -0.2) is 0 Å². The number of Topliss-reactive ketones (excluding diaryl/α,β-unsaturated/α-hetero) is 1. The third-order valence-corrected chi connectivity index (χ3v) is 7.91. The smallest absolute Gasteiger partial charge is 0.230 e. The van der Waals surface area contributed by atoms with Gasteiger partial charge in [-0.2, -0.15) is 0 Å². The molecule has 0 spiro atoms. The average Bonchev–Trinajstić information content (AvgIpc) is 2.57. The van der Waals surface area contributed by atoms with Crippen LogP contribution < -0.4 is 10.6 Å². The number of hydrogen-bond donors (Lipinski definition) is 2. The Balaban J connectivity index is 2.12. The van der Waals surface area contributed by atoms with Crippen molar-refractivity contribution in [2.75, 3.05) is 18.1 Å². The van der Waals surface area contributed by atoms with E-state index in [9.17, 15) is 14.4 Å². The van der Waals surface area contributed by atoms with Crippen molar-refractivity contribution in [3.05, 3.63) is 0 Å². The van der Waals surface area contributed by atoms with E-state index in [0.717, 1.165) is 38.4 Å². The van der Waals surface area contributed by atoms with E-state index < -0.39 is 0 Å². The summed E-state index contributed by atoms with van der Waals surface area (Å²) in [7, 11) is 0. The van der Waals surface area contributed by atoms with Crippen LogP contribution in [0.4, 0.5) is 0 Å². The number of unbranched alkanes of at least 4 members (excludes halogenated alkanes) is 1. The molecule has 0 aromatic rings. The predicted octanol–water partition coefficient (Wildman–Crippen LogP) is 3.84. The molecule has 1 saturated carbocycles. The molecule has 0 bridgehead atoms. The van der Waals surface area contributed by atoms with Crippen LogP contribution in [-0.2, 0) is 14.4 Å². The average molecular weight is 445 g/mol. The molecule has 1 amide bonds. The van der Waals surface area contributed by atoms with Crippen molar-refractivity contribution >= 4 is 41.5 Å². The molecule has 5 nitrogen and oxygen atoms in total. The Labute approximate surface area is 185 Å². The van der Waals surface area contributed by atoms with Crippen LogP contribution in [0, 0.1) is 5.41 Å². The van der Waals surface area contributed by atoms with Crippen molar-refractivity contribution in [3.8, 4) is 0 Å². The molecule has 29 heavy (non-hydrogen) atoms. The lowest BCUT2D eigenvalue weighted by Gasteiger charge is -2.35. The van der Waals surface area contributed by atoms with Crippen molar-refractivity contribution in [3.63, 3.8) is 0 Å². The van der Waals surface area contributed by atoms with Crippen LogP contribution in [0.3, 0.4) is 0 Å². The van der Waals surface area contributed by atoms with Gasteiger partial charge in [0, 0.05) is 28.0 Å². The van der Waals surface area contributed by atoms with E-state index in [4.69, 9.17) is 0 Å². The lowest BCUT2D eigenvalue weighted by atomic mass is 9.92. The first-order valence-corrected chi connectivity index (χ1v) is 12.8. The van der Waals surface area contributed by atoms with Gasteiger partial charge in [0.2, 0.25) is 5.91 Å². The van der Waals surface area contributed by atoms with E-state index in [-0.39, 0.29) is 22.9 Å². The van der Waals surface area contributed by atoms with Gasteiger partial charge in [0.1, 0.15) is 12.1 Å². The molecule has 0 radical (unpaired) electrons. The van der Waals surface area contributed by atoms with Crippen LogP contribution in [0.5, 0.6) is 0 Å². The van der Waals surface area contributed by atoms with Crippen LogP contribution >= 0.6 is 23.5 Å². The fraction of sp³-hybridized carbons (Fsp3) is 0.864. The maximum absolute atomic E-state index is 12.1. The molecule has 0 heterocycles. The second kappa shape index (κ2) is 12.4. The van der Waals surface area contributed by atoms with E-state index in [1.54, 1.807) is 23.5 Å². The molecule has 3 atom stereocenters. The second-order valence-corrected chi connectivity index (χ2v) is 12.4. The molecule has 7 heteroatoms. The minimum absolute atomic E-state index is 0.0747. The molecule has 0 saturated heterocycles. The number of rotatable bonds is 13. The zero-order valence-electron chi connectivity index (χ0n) is 19.0. The highest BCUT2D eigenvalue weighted by Crippen LogP contribution is 2.40. The summed E-state index contributed by atoms with van der Waals surface area (Å²) in [6, 6.07) is -0.125. The van der Waals surface area contributed by atoms with Crippen molar-refractivity contribution in [2.24, 2.45) is 5.41 Å². The van der Waals surface area contributed by atoms with E-state index in [1.165, 1.54) is 0 Å². The Hall–Kier alpha value is -0.530. The standard InChI is InChI=1S/C22H40N2O3S2/c1-21(2,3)19(26)14-28-17-10-11-18(17)29-15-20(27)23-12-8-7-9-16(13-25)24-22(4,5)6/h13,16-18,24H,7-12,14-15H2,1-6H3,(H,23,27)/t16-,17?,18?/m0/s1. The zero-order chi connectivity index (χ0) is 22.1. The molecule has 0 aromatic carbocycles. The maximum Gasteiger partial charge on any atom is 0.230 e. The summed E-state index contributed by atoms with van der Waals surface area (Å²) in [5, 5.41) is 7.26. The van der Waals surface area contributed by atoms with E-state index >= 15 is 0 Å². The highest BCUT2D eigenvalue weighted by Gasteiger charge is 2.33. The Morgan fingerprint density at radius 3 is 2.07 bits per heavy atom. The van der Waals surface area contributed by atoms with Crippen LogP contribution in [-0.4, -0.2) is 58.1 Å². The van der Waals surface area contributed by atoms with Gasteiger partial charge in [-0.15, -0.1) is 23.5 Å². The molecule has 168 valence electrons. The summed E-state index contributed by atoms with van der Waals surface area (Å²) in [4.78, 5) is 35.3. The van der Waals surface area contributed by atoms with Gasteiger partial charge in [-0.1, -0.05) is 20.8 Å². The monoisotopic (exact) mass is 444 g/mol. The minimum atomic E-state index is -0.270. The van der Waals surface area contributed by atoms with Gasteiger partial charge in [-0.05, 0) is 52.9 Å². The van der Waals surface area contributed by atoms with E-state index in [2.05, 4.69) is 31.4 Å². The van der Waals surface area contributed by atoms with Crippen molar-refractivity contribution in [2.45, 2.75) is 95.7 Å². The first-order chi connectivity index (χ1) is 13.4. The molecule has 2 unspecified atom stereocenters. The summed E-state index contributed by atoms with van der Waals surface area (Å²) in [6.07, 6.45) is 5.82. The van der Waals surface area contributed by atoms with E-state index in [0.29, 0.717) is 34.3 Å². The Kier molecular flexibility index (Phi) is 11.3. The number of aldehydes is 1. The summed E-state index contributed by atoms with van der Waals surface area (Å²) in [6.45, 7) is 12.7. The molecular weight excluding hydrogens is 404 g/mol. The summed E-state index contributed by atoms with van der Waals surface area (Å²) in [5.41, 5.74) is -0.345. The second-order valence-electron chi connectivity index (χ2n) is 9.93. The fourth-order valence-corrected chi connectivity index (χ4v) is 5.94. The Bertz CT molecular complexity index is 541. The molecule has 0 aromatic heterocycles. The summed E-state index contributed by atoms with van der Waals surface area (Å²) < 4.78 is 0. The van der Waals surface area contributed by atoms with Gasteiger partial charge in [0.25, 0.3) is 0 Å². The maximum atomic E-state index is 12.1. The third-order valence-electron chi connectivity index (χ3n) is 4.89. The quantitative estimate of drug-likeness (QED) is 0.332. The Morgan fingerprint density at radius 1 is 1.00 bits per heavy atom. The van der Waals surface area contributed by atoms with Crippen molar-refractivity contribution in [1.82, 2.24) is 10.6 Å². The molecule has 1 rings (SSSR count). The molecule has 1 fully saturated rings. The Morgan fingerprint density at radius 2 is 1.59 bits per heavy atom. The number of carbonyl (C=O) groups excluding carboxylic acids is 3. The number of hydrogen-bond acceptors (Lipinski definition) is 6. The van der Waals surface area contributed by atoms with Gasteiger partial charge < -0.3 is 15.4 Å². The summed E-state index contributed by atoms with van der Waals surface area (Å²) >= 11 is 3.47. The van der Waals surface area contributed by atoms with Crippen LogP contribution in [0.2, 0.25) is 0 Å². The third kappa shape index (κ3) is 11.4. The fourth-order valence-electron chi connectivity index (χ4n) is 2.90. The predicted molar refractivity (Wildman–Crippen MR) is 126 cm³/mol. The van der Waals surface area contributed by atoms with E-state index in [1.807, 2.05) is 20.8 Å². The minimum Gasteiger partial charge on any atom is -0.355 e. The molecule has 1 aliphatic rings. The van der Waals surface area contributed by atoms with Gasteiger partial charge in [0.15, 0.2) is 0 Å². The number of carbonyl (C=O) groups is 3. The molecule has 2 N–H and O–H groups in total. The van der Waals surface area contributed by atoms with Gasteiger partial charge in [0.05, 0.1) is 17.5 Å². The largest absolute Gasteiger partial charge is 0.355 e. The van der Waals surface area contributed by atoms with Crippen LogP contribution in [0.15, 0.2) is 0 Å². The number of ketones is 1. The highest BCUT2D eigenvalue weighted by molar-refractivity contribution is 8.04. The number of amides is 1. The molecule has 1 aliphatic carbocycles. The van der Waals surface area contributed by atoms with Crippen molar-refractivity contribution < 1.29 is 14.4 Å². The van der Waals surface area contributed by atoms with Crippen LogP contribution in [0.1, 0.15) is 73.6 Å². The van der Waals surface area contributed by atoms with Gasteiger partial charge >= 0.3 is 0 Å². The topological polar surface area (TPSA) is 75.3 Å². The summed E-state index contributed by atoms with van der Waals surface area (Å²) in [5.74, 6) is 1.43. The highest BCUT2D eigenvalue weighted by atomic mass is 32.2. The zero-order valence-corrected chi connectivity index (χ0v) is 20.6. The van der Waals surface area contributed by atoms with Gasteiger partial charge in [-0.3, -0.25) is 9.59 Å². The lowest BCUT2D eigenvalue weighted by molar-refractivity contribution is -0.123. The first kappa shape index (κ1) is 26.5. The molecule has 0 aliphatic heterocycles.